The molecule has 686 valence electrons. The van der Waals surface area contributed by atoms with Crippen LogP contribution in [0.15, 0.2) is 148 Å². The second kappa shape index (κ2) is 56.8. The molecule has 4 atom stereocenters. The van der Waals surface area contributed by atoms with Crippen LogP contribution < -0.4 is 22.7 Å². The average Bonchev–Trinajstić information content (AvgIpc) is 1.51. The number of aromatic amines is 2. The van der Waals surface area contributed by atoms with Gasteiger partial charge in [0.05, 0.1) is 91.9 Å². The van der Waals surface area contributed by atoms with E-state index in [0.29, 0.717) is 55.9 Å². The molecule has 2 amide bonds. The molecule has 4 aliphatic heterocycles. The molecule has 0 bridgehead atoms. The normalized spacial score (nSPS) is 15.5. The lowest BCUT2D eigenvalue weighted by molar-refractivity contribution is -0.138. The van der Waals surface area contributed by atoms with Crippen molar-refractivity contribution in [3.8, 4) is 11.1 Å². The Labute approximate surface area is 824 Å². The van der Waals surface area contributed by atoms with Gasteiger partial charge in [0, 0.05) is 200 Å². The monoisotopic (exact) mass is 2160 g/mol. The number of rotatable bonds is 17. The van der Waals surface area contributed by atoms with Gasteiger partial charge in [-0.15, -0.1) is 24.0 Å². The predicted molar refractivity (Wildman–Crippen MR) is 544 cm³/mol. The molecule has 4 aromatic heterocycles. The third kappa shape index (κ3) is 31.1. The Morgan fingerprint density at radius 1 is 0.598 bits per heavy atom. The van der Waals surface area contributed by atoms with Crippen molar-refractivity contribution in [2.45, 2.75) is 156 Å². The number of imidazole rings is 2. The van der Waals surface area contributed by atoms with Gasteiger partial charge in [-0.2, -0.15) is 23.7 Å². The van der Waals surface area contributed by atoms with Gasteiger partial charge in [0.2, 0.25) is 11.8 Å². The molecule has 15 rings (SSSR count). The topological polar surface area (TPSA) is 311 Å². The van der Waals surface area contributed by atoms with Gasteiger partial charge >= 0.3 is 7.12 Å². The smallest absolute Gasteiger partial charge is 0.399 e. The first-order valence-corrected chi connectivity index (χ1v) is 49.4. The first kappa shape index (κ1) is 115. The third-order valence-corrected chi connectivity index (χ3v) is 25.0. The minimum atomic E-state index is -1.40. The number of aliphatic imine (C=N–C) groups is 1. The summed E-state index contributed by atoms with van der Waals surface area (Å²) in [5.74, 6) is -3.13. The molecule has 8 N–H and O–H groups in total. The molecule has 11 aromatic rings. The number of nitrogens with zero attached hydrogens (tertiary/aromatic N) is 9. The highest BCUT2D eigenvalue weighted by Crippen LogP contribution is 2.40. The molecule has 8 heterocycles. The number of fused-ring (bicyclic) bond motifs is 5. The van der Waals surface area contributed by atoms with Crippen molar-refractivity contribution >= 4 is 301 Å². The Kier molecular flexibility index (Phi) is 51.5. The van der Waals surface area contributed by atoms with Gasteiger partial charge < -0.3 is 46.3 Å². The van der Waals surface area contributed by atoms with Crippen LogP contribution in [0.25, 0.3) is 55.0 Å². The summed E-state index contributed by atoms with van der Waals surface area (Å²) in [5.41, 5.74) is 21.4. The molecular weight excluding hydrogens is 2070 g/mol. The van der Waals surface area contributed by atoms with Crippen molar-refractivity contribution in [2.75, 3.05) is 38.6 Å². The maximum Gasteiger partial charge on any atom is 0.497 e. The van der Waals surface area contributed by atoms with Crippen LogP contribution in [0.5, 0.6) is 0 Å². The zero-order valence-electron chi connectivity index (χ0n) is 69.2. The predicted octanol–water partition coefficient (Wildman–Crippen LogP) is 17.1. The average molecular weight is 2160 g/mol. The minimum absolute atomic E-state index is 0. The molecule has 0 saturated carbocycles. The van der Waals surface area contributed by atoms with E-state index in [1.807, 2.05) is 58.2 Å². The van der Waals surface area contributed by atoms with Crippen molar-refractivity contribution < 1.29 is 55.6 Å². The van der Waals surface area contributed by atoms with Gasteiger partial charge in [0.1, 0.15) is 59.5 Å². The molecule has 0 aliphatic carbocycles. The molecule has 127 heavy (non-hydrogen) atoms. The van der Waals surface area contributed by atoms with Crippen LogP contribution in [0.2, 0.25) is 15.1 Å². The number of benzene rings is 7. The Morgan fingerprint density at radius 3 is 1.44 bits per heavy atom. The van der Waals surface area contributed by atoms with Crippen LogP contribution in [0.4, 0.5) is 23.2 Å². The molecular formula is C83H96BBr2Cl5F4N14O8S10. The van der Waals surface area contributed by atoms with Crippen LogP contribution in [0, 0.1) is 11.6 Å². The summed E-state index contributed by atoms with van der Waals surface area (Å²) in [7, 11) is 2.32. The summed E-state index contributed by atoms with van der Waals surface area (Å²) in [5, 5.41) is 11.5. The molecule has 22 nitrogen and oxygen atoms in total. The molecule has 0 radical (unpaired) electrons. The van der Waals surface area contributed by atoms with E-state index in [1.54, 1.807) is 91.3 Å². The number of H-pyrrole nitrogens is 2. The number of para-hydroxylation sites is 2. The number of amides is 2. The summed E-state index contributed by atoms with van der Waals surface area (Å²) in [4.78, 5) is 98.3. The van der Waals surface area contributed by atoms with Crippen molar-refractivity contribution in [1.82, 2.24) is 49.3 Å². The van der Waals surface area contributed by atoms with E-state index in [4.69, 9.17) is 72.9 Å². The summed E-state index contributed by atoms with van der Waals surface area (Å²) >= 11 is 54.4. The van der Waals surface area contributed by atoms with Crippen LogP contribution in [-0.4, -0.2) is 172 Å². The highest BCUT2D eigenvalue weighted by Gasteiger charge is 2.53. The first-order chi connectivity index (χ1) is 59.2. The maximum atomic E-state index is 15.7. The van der Waals surface area contributed by atoms with Gasteiger partial charge in [-0.3, -0.25) is 43.1 Å². The fourth-order valence-electron chi connectivity index (χ4n) is 12.9. The highest BCUT2D eigenvalue weighted by atomic mass is 79.9. The molecule has 0 spiro atoms. The standard InChI is InChI=1S/C30H24ClF2N5O3.C29H32BF2N3O5.C8H5BrClN.C7H4BrClN2.2C3H9N.C2H6ClN.CH4.ClH.S4.S3.S2.H2S/c1-16(39)29-21-6-2-3-8-23(21)38(36-29)14-26(41)37-13-18(32)12-24(37)25(40)11-17-5-4-7-20(28(17)33)19-9-10-22-30(27(19)31)35-15-34-22;1-17(36)27-20-10-6-7-12-22(20)35(33-27)16-25(38)34-15-19(31)14-23(34)24(37)13-18-9-8-11-21(26(18)32)30-39-28(2,3)29(4,5)40-30;9-6-1-2-7-5(8(6)10)3-4-11-7;8-4-1-2-5-7(6(4)9)11-3-10-5;2*1-2-3-4;3-1-2-4;;;1-3-4-2;1-3-2;1-2;/h2-10,15,18,24H,11-14H2,1H3,(H,34,35);6-12,19,23H,13-16H2,1-5H3;1-2,4H,3H2;1-3H,(H,10,11);2*2-4H2,1H3;1-2,4H2;1H4;1H;;;;1H2/t18-,24+;19-,23+;;;;;;;;;;;/m11.........../s1. The van der Waals surface area contributed by atoms with Crippen molar-refractivity contribution in [3.05, 3.63) is 198 Å². The van der Waals surface area contributed by atoms with Crippen molar-refractivity contribution in [2.24, 2.45) is 22.2 Å². The second-order valence-corrected chi connectivity index (χ2v) is 37.0. The van der Waals surface area contributed by atoms with Crippen LogP contribution in [0.3, 0.4) is 0 Å². The zero-order valence-corrected chi connectivity index (χ0v) is 84.5. The van der Waals surface area contributed by atoms with Gasteiger partial charge in [-0.1, -0.05) is 135 Å². The van der Waals surface area contributed by atoms with E-state index in [0.717, 1.165) is 77.5 Å². The molecule has 3 saturated heterocycles. The van der Waals surface area contributed by atoms with Crippen LogP contribution in [-0.2, 0) is 155 Å². The molecule has 4 aliphatic rings. The van der Waals surface area contributed by atoms with E-state index < -0.39 is 77.8 Å². The van der Waals surface area contributed by atoms with Gasteiger partial charge in [0.25, 0.3) is 0 Å². The van der Waals surface area contributed by atoms with Gasteiger partial charge in [-0.25, -0.2) is 27.5 Å². The van der Waals surface area contributed by atoms with Gasteiger partial charge in [0.15, 0.2) is 23.1 Å². The van der Waals surface area contributed by atoms with Gasteiger partial charge in [-0.05, 0) is 139 Å². The maximum absolute atomic E-state index is 15.7. The summed E-state index contributed by atoms with van der Waals surface area (Å²) < 4.78 is 77.0. The number of alkyl halides is 3. The lowest BCUT2D eigenvalue weighted by atomic mass is 9.77. The number of hydrogen-bond acceptors (Lipinski definition) is 22. The van der Waals surface area contributed by atoms with E-state index in [-0.39, 0.29) is 135 Å². The number of halogens is 11. The number of aromatic nitrogens is 8. The Bertz CT molecular complexity index is 5700. The fraction of sp³-hybridized carbons (Fsp3) is 0.361. The lowest BCUT2D eigenvalue weighted by Gasteiger charge is -2.32. The Balaban J connectivity index is 0.000000442. The number of carbonyl (C=O) groups excluding carboxylic acids is 6. The summed E-state index contributed by atoms with van der Waals surface area (Å²) in [6, 6.07) is 32.4. The first-order valence-electron chi connectivity index (χ1n) is 38.1. The quantitative estimate of drug-likeness (QED) is 0.0245. The highest BCUT2D eigenvalue weighted by molar-refractivity contribution is 9.11. The van der Waals surface area contributed by atoms with Crippen molar-refractivity contribution in [3.63, 3.8) is 0 Å². The number of hydrogen-bond donors (Lipinski definition) is 5. The molecule has 3 fully saturated rings. The number of likely N-dealkylation sites (tertiary alicyclic amines) is 2. The lowest BCUT2D eigenvalue weighted by Crippen LogP contribution is -2.43. The van der Waals surface area contributed by atoms with E-state index >= 15 is 8.78 Å². The summed E-state index contributed by atoms with van der Waals surface area (Å²) in [6.07, 6.45) is 4.27. The van der Waals surface area contributed by atoms with E-state index in [2.05, 4.69) is 148 Å². The van der Waals surface area contributed by atoms with Crippen LogP contribution in [0.1, 0.15) is 126 Å². The van der Waals surface area contributed by atoms with E-state index in [9.17, 15) is 37.5 Å². The summed E-state index contributed by atoms with van der Waals surface area (Å²) in [6.45, 7) is 15.5. The SMILES string of the molecule is C.CC(=O)c1nn(CC(=O)N2C[C@H](F)C[C@H]2C(=O)Cc2cccc(-c3ccc4[nH]cnc4c3Cl)c2F)c2ccccc12.CC(=O)c1nn(CC(=O)N2C[C@H](F)C[C@H]2C(=O)Cc2cccc(B3OC(C)(C)C(C)(C)O3)c2F)c2ccccc12.CCCN.CCCN.Cl.Clc1c(Br)ccc2[nH]cnc12.Clc1c(Br)ccc2c1CC=N2.NCCCl.S.S=S.S=S=S.S=S=S=S. The number of nitrogens with two attached hydrogens (primary N) is 3. The van der Waals surface area contributed by atoms with Crippen molar-refractivity contribution in [1.29, 1.82) is 0 Å². The van der Waals surface area contributed by atoms with Crippen LogP contribution >= 0.6 is 104 Å². The fourth-order valence-corrected chi connectivity index (χ4v) is 14.3. The Hall–Kier alpha value is -5.97. The largest absolute Gasteiger partial charge is 0.497 e. The molecule has 7 aromatic carbocycles. The number of carbonyl (C=O) groups is 6. The Morgan fingerprint density at radius 2 is 1.01 bits per heavy atom. The molecule has 0 unspecified atom stereocenters. The second-order valence-electron chi connectivity index (χ2n) is 28.4. The number of Topliss-reactive ketones (excluding diaryl/α,β-unsaturated/α-hetero) is 4. The number of ketones is 4. The molecule has 44 heteroatoms. The van der Waals surface area contributed by atoms with E-state index in [1.165, 1.54) is 69.2 Å². The zero-order chi connectivity index (χ0) is 91.9. The number of nitrogens with one attached hydrogen (secondary N) is 2. The third-order valence-electron chi connectivity index (χ3n) is 19.6. The minimum Gasteiger partial charge on any atom is -0.399 e.